The van der Waals surface area contributed by atoms with Crippen LogP contribution in [-0.2, 0) is 0 Å². The van der Waals surface area contributed by atoms with Crippen molar-refractivity contribution in [2.75, 3.05) is 30.4 Å². The Labute approximate surface area is 194 Å². The number of aromatic nitrogens is 2. The minimum absolute atomic E-state index is 0.0354. The highest BCUT2D eigenvalue weighted by molar-refractivity contribution is 5.87. The summed E-state index contributed by atoms with van der Waals surface area (Å²) in [6, 6.07) is 9.53. The Morgan fingerprint density at radius 3 is 2.56 bits per heavy atom. The molecule has 1 aliphatic carbocycles. The van der Waals surface area contributed by atoms with Gasteiger partial charge >= 0.3 is 5.69 Å². The van der Waals surface area contributed by atoms with Crippen LogP contribution in [0.2, 0.25) is 0 Å². The monoisotopic (exact) mass is 471 g/mol. The zero-order chi connectivity index (χ0) is 24.1. The minimum atomic E-state index is -1.29. The van der Waals surface area contributed by atoms with Crippen molar-refractivity contribution in [3.8, 4) is 5.75 Å². The maximum absolute atomic E-state index is 15.3. The number of hydrogen-bond acceptors (Lipinski definition) is 6. The first-order valence-corrected chi connectivity index (χ1v) is 11.4. The van der Waals surface area contributed by atoms with Crippen molar-refractivity contribution < 1.29 is 13.5 Å². The number of benzene rings is 2. The largest absolute Gasteiger partial charge is 0.492 e. The van der Waals surface area contributed by atoms with Crippen molar-refractivity contribution in [3.05, 3.63) is 68.6 Å². The lowest BCUT2D eigenvalue weighted by atomic mass is 9.99. The highest BCUT2D eigenvalue weighted by Crippen LogP contribution is 2.39. The Kier molecular flexibility index (Phi) is 5.55. The second kappa shape index (κ2) is 8.43. The molecular weight excluding hydrogens is 444 g/mol. The summed E-state index contributed by atoms with van der Waals surface area (Å²) in [6.07, 6.45) is 0.258. The maximum Gasteiger partial charge on any atom is 0.350 e. The molecule has 0 spiro atoms. The second-order valence-electron chi connectivity index (χ2n) is 9.16. The first kappa shape index (κ1) is 22.4. The molecule has 4 N–H and O–H groups in total. The average Bonchev–Trinajstić information content (AvgIpc) is 3.59. The SMILES string of the molecule is Cc1c(N2C[C@H]([C@@H](N)COc3ccccc3)[C@H](F)C2)c(F)cc2c(=O)n(N)c(=O)n(C3CC3)c12. The fourth-order valence-corrected chi connectivity index (χ4v) is 4.93. The van der Waals surface area contributed by atoms with E-state index in [0.717, 1.165) is 18.9 Å². The number of nitrogen functional groups attached to an aromatic ring is 1. The lowest BCUT2D eigenvalue weighted by Crippen LogP contribution is -2.44. The summed E-state index contributed by atoms with van der Waals surface area (Å²) in [6.45, 7) is 1.91. The van der Waals surface area contributed by atoms with Crippen LogP contribution in [0.25, 0.3) is 10.9 Å². The fourth-order valence-electron chi connectivity index (χ4n) is 4.93. The number of halogens is 2. The second-order valence-corrected chi connectivity index (χ2v) is 9.16. The van der Waals surface area contributed by atoms with Crippen LogP contribution < -0.4 is 32.5 Å². The summed E-state index contributed by atoms with van der Waals surface area (Å²) < 4.78 is 38.1. The van der Waals surface area contributed by atoms with E-state index in [-0.39, 0.29) is 36.8 Å². The molecule has 10 heteroatoms. The van der Waals surface area contributed by atoms with E-state index in [9.17, 15) is 9.59 Å². The van der Waals surface area contributed by atoms with Gasteiger partial charge in [0.2, 0.25) is 0 Å². The van der Waals surface area contributed by atoms with E-state index in [0.29, 0.717) is 21.5 Å². The number of nitrogens with zero attached hydrogens (tertiary/aromatic N) is 3. The summed E-state index contributed by atoms with van der Waals surface area (Å²) in [5.74, 6) is 5.09. The normalized spacial score (nSPS) is 21.2. The standard InChI is InChI=1S/C24H27F2N5O3/c1-13-21-16(23(32)31(28)24(33)30(21)14-7-8-14)9-18(25)22(13)29-10-17(19(26)11-29)20(27)12-34-15-5-3-2-4-6-15/h2-6,9,14,17,19-20H,7-8,10-12,27-28H2,1H3/t17-,19+,20-/m0/s1. The summed E-state index contributed by atoms with van der Waals surface area (Å²) >= 11 is 0. The van der Waals surface area contributed by atoms with Crippen LogP contribution in [0.5, 0.6) is 5.75 Å². The van der Waals surface area contributed by atoms with E-state index >= 15 is 8.78 Å². The van der Waals surface area contributed by atoms with Crippen molar-refractivity contribution in [1.82, 2.24) is 9.24 Å². The molecule has 2 heterocycles. The number of para-hydroxylation sites is 1. The van der Waals surface area contributed by atoms with Gasteiger partial charge in [-0.05, 0) is 38.0 Å². The number of hydrogen-bond donors (Lipinski definition) is 2. The van der Waals surface area contributed by atoms with Crippen LogP contribution in [-0.4, -0.2) is 41.2 Å². The van der Waals surface area contributed by atoms with Gasteiger partial charge < -0.3 is 21.2 Å². The summed E-state index contributed by atoms with van der Waals surface area (Å²) in [5, 5.41) is 0.0354. The van der Waals surface area contributed by atoms with Gasteiger partial charge in [-0.3, -0.25) is 9.36 Å². The molecule has 3 aromatic rings. The Bertz CT molecular complexity index is 1350. The van der Waals surface area contributed by atoms with Crippen molar-refractivity contribution in [1.29, 1.82) is 0 Å². The lowest BCUT2D eigenvalue weighted by molar-refractivity contribution is 0.196. The molecule has 1 saturated heterocycles. The summed E-state index contributed by atoms with van der Waals surface area (Å²) in [5.41, 5.74) is 5.82. The number of nitrogens with two attached hydrogens (primary N) is 2. The average molecular weight is 472 g/mol. The molecule has 8 nitrogen and oxygen atoms in total. The third-order valence-corrected chi connectivity index (χ3v) is 6.82. The molecule has 1 saturated carbocycles. The number of rotatable bonds is 6. The number of alkyl halides is 1. The van der Waals surface area contributed by atoms with E-state index in [4.69, 9.17) is 16.3 Å². The maximum atomic E-state index is 15.3. The highest BCUT2D eigenvalue weighted by Gasteiger charge is 2.39. The third kappa shape index (κ3) is 3.71. The minimum Gasteiger partial charge on any atom is -0.492 e. The van der Waals surface area contributed by atoms with Gasteiger partial charge in [-0.25, -0.2) is 13.6 Å². The molecule has 2 aromatic carbocycles. The molecule has 0 radical (unpaired) electrons. The molecule has 0 bridgehead atoms. The van der Waals surface area contributed by atoms with E-state index in [1.807, 2.05) is 18.2 Å². The lowest BCUT2D eigenvalue weighted by Gasteiger charge is -2.25. The van der Waals surface area contributed by atoms with Crippen molar-refractivity contribution in [2.24, 2.45) is 11.7 Å². The molecule has 180 valence electrons. The quantitative estimate of drug-likeness (QED) is 0.531. The van der Waals surface area contributed by atoms with E-state index in [1.165, 1.54) is 4.57 Å². The van der Waals surface area contributed by atoms with Gasteiger partial charge in [0.1, 0.15) is 24.3 Å². The first-order chi connectivity index (χ1) is 16.3. The van der Waals surface area contributed by atoms with E-state index in [2.05, 4.69) is 0 Å². The zero-order valence-electron chi connectivity index (χ0n) is 18.8. The van der Waals surface area contributed by atoms with Gasteiger partial charge in [-0.1, -0.05) is 18.2 Å². The number of aryl methyl sites for hydroxylation is 1. The van der Waals surface area contributed by atoms with E-state index in [1.54, 1.807) is 24.0 Å². The van der Waals surface area contributed by atoms with Crippen LogP contribution in [0.3, 0.4) is 0 Å². The molecule has 2 fully saturated rings. The molecule has 1 aliphatic heterocycles. The topological polar surface area (TPSA) is 109 Å². The van der Waals surface area contributed by atoms with Crippen LogP contribution >= 0.6 is 0 Å². The molecular formula is C24H27F2N5O3. The van der Waals surface area contributed by atoms with Crippen LogP contribution in [0.15, 0.2) is 46.0 Å². The third-order valence-electron chi connectivity index (χ3n) is 6.82. The van der Waals surface area contributed by atoms with Crippen molar-refractivity contribution in [3.63, 3.8) is 0 Å². The Balaban J connectivity index is 1.47. The molecule has 1 aromatic heterocycles. The van der Waals surface area contributed by atoms with Crippen molar-refractivity contribution >= 4 is 16.6 Å². The number of ether oxygens (including phenoxy) is 1. The van der Waals surface area contributed by atoms with Crippen LogP contribution in [0.4, 0.5) is 14.5 Å². The zero-order valence-corrected chi connectivity index (χ0v) is 18.8. The van der Waals surface area contributed by atoms with Gasteiger partial charge in [0.25, 0.3) is 5.56 Å². The van der Waals surface area contributed by atoms with Crippen LogP contribution in [0.1, 0.15) is 24.4 Å². The Hall–Kier alpha value is -3.40. The molecule has 5 rings (SSSR count). The molecule has 0 amide bonds. The smallest absolute Gasteiger partial charge is 0.350 e. The highest BCUT2D eigenvalue weighted by atomic mass is 19.1. The molecule has 3 atom stereocenters. The Morgan fingerprint density at radius 2 is 1.88 bits per heavy atom. The van der Waals surface area contributed by atoms with Gasteiger partial charge in [0, 0.05) is 36.7 Å². The van der Waals surface area contributed by atoms with E-state index < -0.39 is 35.2 Å². The predicted molar refractivity (Wildman–Crippen MR) is 126 cm³/mol. The van der Waals surface area contributed by atoms with Gasteiger partial charge in [-0.15, -0.1) is 0 Å². The van der Waals surface area contributed by atoms with Crippen LogP contribution in [0, 0.1) is 18.7 Å². The summed E-state index contributed by atoms with van der Waals surface area (Å²) in [4.78, 5) is 27.0. The molecule has 34 heavy (non-hydrogen) atoms. The number of anilines is 1. The first-order valence-electron chi connectivity index (χ1n) is 11.4. The fraction of sp³-hybridized carbons (Fsp3) is 0.417. The molecule has 0 unspecified atom stereocenters. The number of fused-ring (bicyclic) bond motifs is 1. The van der Waals surface area contributed by atoms with Gasteiger partial charge in [-0.2, -0.15) is 4.68 Å². The Morgan fingerprint density at radius 1 is 1.18 bits per heavy atom. The molecule has 2 aliphatic rings. The van der Waals surface area contributed by atoms with Gasteiger partial charge in [0.15, 0.2) is 0 Å². The van der Waals surface area contributed by atoms with Crippen molar-refractivity contribution in [2.45, 2.75) is 38.0 Å². The summed E-state index contributed by atoms with van der Waals surface area (Å²) in [7, 11) is 0. The predicted octanol–water partition coefficient (Wildman–Crippen LogP) is 1.84. The van der Waals surface area contributed by atoms with Gasteiger partial charge in [0.05, 0.1) is 16.6 Å².